The van der Waals surface area contributed by atoms with E-state index < -0.39 is 17.1 Å². The second-order valence-electron chi connectivity index (χ2n) is 12.6. The summed E-state index contributed by atoms with van der Waals surface area (Å²) in [4.78, 5) is 63.2. The van der Waals surface area contributed by atoms with Crippen LogP contribution in [0.1, 0.15) is 51.4 Å². The number of ether oxygens (including phenoxy) is 4. The molecule has 0 aromatic carbocycles. The highest BCUT2D eigenvalue weighted by Gasteiger charge is 2.65. The number of epoxide rings is 2. The smallest absolute Gasteiger partial charge is 0.336 e. The van der Waals surface area contributed by atoms with E-state index in [0.717, 1.165) is 39.4 Å². The zero-order chi connectivity index (χ0) is 27.7. The number of hydrogen-bond acceptors (Lipinski definition) is 9. The topological polar surface area (TPSA) is 144 Å². The van der Waals surface area contributed by atoms with E-state index in [-0.39, 0.29) is 62.3 Å². The van der Waals surface area contributed by atoms with E-state index in [2.05, 4.69) is 0 Å². The first-order chi connectivity index (χ1) is 19.3. The van der Waals surface area contributed by atoms with Crippen LogP contribution in [0.3, 0.4) is 0 Å². The first-order valence-electron chi connectivity index (χ1n) is 14.9. The molecular weight excluding hydrogens is 522 g/mol. The lowest BCUT2D eigenvalue weighted by Crippen LogP contribution is -2.53. The molecule has 4 bridgehead atoms. The molecule has 0 radical (unpaired) electrons. The molecule has 10 atom stereocenters. The van der Waals surface area contributed by atoms with Gasteiger partial charge in [0.05, 0.1) is 49.5 Å². The first-order valence-corrected chi connectivity index (χ1v) is 14.9. The van der Waals surface area contributed by atoms with E-state index in [1.165, 1.54) is 7.05 Å². The summed E-state index contributed by atoms with van der Waals surface area (Å²) in [5.74, 6) is 1.08. The molecule has 4 aliphatic carbocycles. The molecule has 0 spiro atoms. The Morgan fingerprint density at radius 1 is 0.675 bits per heavy atom. The number of hydrogen-bond donors (Lipinski definition) is 0. The third kappa shape index (κ3) is 4.38. The van der Waals surface area contributed by atoms with Crippen molar-refractivity contribution in [1.29, 1.82) is 0 Å². The number of esters is 2. The molecule has 6 fully saturated rings. The number of unbranched alkanes of at least 4 members (excludes halogenated alkanes) is 2. The molecule has 40 heavy (non-hydrogen) atoms. The van der Waals surface area contributed by atoms with Gasteiger partial charge in [0.25, 0.3) is 0 Å². The van der Waals surface area contributed by atoms with Crippen molar-refractivity contribution in [3.63, 3.8) is 0 Å². The number of aromatic nitrogens is 3. The molecule has 12 nitrogen and oxygen atoms in total. The van der Waals surface area contributed by atoms with E-state index in [0.29, 0.717) is 61.6 Å². The highest BCUT2D eigenvalue weighted by Crippen LogP contribution is 2.59. The lowest BCUT2D eigenvalue weighted by atomic mass is 9.89. The summed E-state index contributed by atoms with van der Waals surface area (Å²) in [5.41, 5.74) is -1.97. The van der Waals surface area contributed by atoms with Crippen LogP contribution in [-0.2, 0) is 48.7 Å². The van der Waals surface area contributed by atoms with E-state index in [1.54, 1.807) is 0 Å². The first kappa shape index (κ1) is 26.2. The molecule has 2 saturated heterocycles. The average Bonchev–Trinajstić information content (AvgIpc) is 3.78. The Bertz CT molecular complexity index is 1280. The summed E-state index contributed by atoms with van der Waals surface area (Å²) in [6.45, 7) is 0.709. The summed E-state index contributed by atoms with van der Waals surface area (Å²) in [6.07, 6.45) is 6.96. The second kappa shape index (κ2) is 9.97. The van der Waals surface area contributed by atoms with Gasteiger partial charge < -0.3 is 18.9 Å². The predicted octanol–water partition coefficient (Wildman–Crippen LogP) is 0.202. The van der Waals surface area contributed by atoms with Gasteiger partial charge in [-0.05, 0) is 63.2 Å². The summed E-state index contributed by atoms with van der Waals surface area (Å²) >= 11 is 0. The highest BCUT2D eigenvalue weighted by atomic mass is 16.6. The van der Waals surface area contributed by atoms with Crippen molar-refractivity contribution in [3.8, 4) is 0 Å². The molecular formula is C28H37N3O9. The molecule has 218 valence electrons. The van der Waals surface area contributed by atoms with E-state index in [9.17, 15) is 24.0 Å². The van der Waals surface area contributed by atoms with Crippen molar-refractivity contribution >= 4 is 11.9 Å². The van der Waals surface area contributed by atoms with Gasteiger partial charge in [0.15, 0.2) is 0 Å². The van der Waals surface area contributed by atoms with Gasteiger partial charge in [-0.2, -0.15) is 0 Å². The summed E-state index contributed by atoms with van der Waals surface area (Å²) < 4.78 is 25.3. The molecule has 6 aliphatic rings. The summed E-state index contributed by atoms with van der Waals surface area (Å²) in [7, 11) is 1.35. The molecule has 0 N–H and O–H groups in total. The fourth-order valence-electron chi connectivity index (χ4n) is 8.19. The Labute approximate surface area is 230 Å². The fraction of sp³-hybridized carbons (Fsp3) is 0.821. The molecule has 1 aromatic heterocycles. The Morgan fingerprint density at radius 2 is 1.12 bits per heavy atom. The largest absolute Gasteiger partial charge is 0.465 e. The zero-order valence-electron chi connectivity index (χ0n) is 22.8. The summed E-state index contributed by atoms with van der Waals surface area (Å²) in [5, 5.41) is 0. The van der Waals surface area contributed by atoms with Crippen molar-refractivity contribution in [2.75, 3.05) is 13.2 Å². The normalized spacial score (nSPS) is 37.3. The van der Waals surface area contributed by atoms with E-state index in [1.807, 2.05) is 0 Å². The number of carbonyl (C=O) groups excluding carboxylic acids is 2. The van der Waals surface area contributed by atoms with Crippen molar-refractivity contribution in [1.82, 2.24) is 13.7 Å². The minimum Gasteiger partial charge on any atom is -0.465 e. The van der Waals surface area contributed by atoms with Crippen LogP contribution >= 0.6 is 0 Å². The highest BCUT2D eigenvalue weighted by molar-refractivity contribution is 5.74. The Morgan fingerprint density at radius 3 is 1.52 bits per heavy atom. The van der Waals surface area contributed by atoms with Gasteiger partial charge in [-0.3, -0.25) is 9.59 Å². The minimum absolute atomic E-state index is 0.0753. The number of fused-ring (bicyclic) bond motifs is 10. The van der Waals surface area contributed by atoms with Crippen LogP contribution in [0, 0.1) is 35.5 Å². The molecule has 7 rings (SSSR count). The molecule has 0 amide bonds. The predicted molar refractivity (Wildman–Crippen MR) is 137 cm³/mol. The van der Waals surface area contributed by atoms with E-state index >= 15 is 0 Å². The van der Waals surface area contributed by atoms with Crippen molar-refractivity contribution in [2.45, 2.75) is 88.9 Å². The SMILES string of the molecule is Cn1c(=O)n(CCCCOC(=O)C2CC3CC2C2OC32)c(=O)n(CCCCOC(=O)C2CC3CC2C2OC32)c1=O. The van der Waals surface area contributed by atoms with Crippen LogP contribution in [0.15, 0.2) is 14.4 Å². The van der Waals surface area contributed by atoms with Gasteiger partial charge in [-0.25, -0.2) is 28.1 Å². The Hall–Kier alpha value is -2.73. The van der Waals surface area contributed by atoms with Gasteiger partial charge in [0, 0.05) is 32.0 Å². The lowest BCUT2D eigenvalue weighted by Gasteiger charge is -2.18. The maximum Gasteiger partial charge on any atom is 0.336 e. The molecule has 3 heterocycles. The monoisotopic (exact) mass is 559 g/mol. The van der Waals surface area contributed by atoms with Gasteiger partial charge in [0.2, 0.25) is 0 Å². The van der Waals surface area contributed by atoms with Crippen LogP contribution < -0.4 is 17.1 Å². The zero-order valence-corrected chi connectivity index (χ0v) is 22.8. The number of rotatable bonds is 12. The van der Waals surface area contributed by atoms with Gasteiger partial charge >= 0.3 is 29.0 Å². The lowest BCUT2D eigenvalue weighted by molar-refractivity contribution is -0.151. The third-order valence-electron chi connectivity index (χ3n) is 10.3. The fourth-order valence-corrected chi connectivity index (χ4v) is 8.19. The maximum atomic E-state index is 13.0. The van der Waals surface area contributed by atoms with Crippen LogP contribution in [0.2, 0.25) is 0 Å². The quantitative estimate of drug-likeness (QED) is 0.199. The number of carbonyl (C=O) groups is 2. The van der Waals surface area contributed by atoms with Gasteiger partial charge in [-0.1, -0.05) is 0 Å². The van der Waals surface area contributed by atoms with Crippen molar-refractivity contribution in [3.05, 3.63) is 31.5 Å². The van der Waals surface area contributed by atoms with Gasteiger partial charge in [-0.15, -0.1) is 0 Å². The van der Waals surface area contributed by atoms with Crippen LogP contribution in [0.25, 0.3) is 0 Å². The average molecular weight is 560 g/mol. The van der Waals surface area contributed by atoms with Gasteiger partial charge in [0.1, 0.15) is 0 Å². The minimum atomic E-state index is -0.661. The van der Waals surface area contributed by atoms with Crippen molar-refractivity contribution in [2.24, 2.45) is 42.6 Å². The molecule has 10 unspecified atom stereocenters. The van der Waals surface area contributed by atoms with Crippen LogP contribution in [-0.4, -0.2) is 63.3 Å². The van der Waals surface area contributed by atoms with Crippen molar-refractivity contribution < 1.29 is 28.5 Å². The third-order valence-corrected chi connectivity index (χ3v) is 10.3. The van der Waals surface area contributed by atoms with Crippen LogP contribution in [0.4, 0.5) is 0 Å². The molecule has 2 aliphatic heterocycles. The summed E-state index contributed by atoms with van der Waals surface area (Å²) in [6, 6.07) is 0. The second-order valence-corrected chi connectivity index (χ2v) is 12.6. The Balaban J connectivity index is 0.857. The Kier molecular flexibility index (Phi) is 6.53. The number of nitrogens with zero attached hydrogens (tertiary/aromatic N) is 3. The molecule has 12 heteroatoms. The molecule has 1 aromatic rings. The standard InChI is InChI=1S/C28H37N3O9/c1-29-26(34)30(6-2-4-8-37-24(32)18-12-14-10-16(18)22-20(14)39-22)28(36)31(27(29)35)7-3-5-9-38-25(33)19-13-15-11-17(19)23-21(15)40-23/h14-23H,2-13H2,1H3. The van der Waals surface area contributed by atoms with Crippen LogP contribution in [0.5, 0.6) is 0 Å². The molecule has 4 saturated carbocycles. The maximum absolute atomic E-state index is 13.0. The van der Waals surface area contributed by atoms with E-state index in [4.69, 9.17) is 18.9 Å².